The Kier molecular flexibility index (Phi) is 5.33. The van der Waals surface area contributed by atoms with Gasteiger partial charge in [0.2, 0.25) is 0 Å². The van der Waals surface area contributed by atoms with E-state index < -0.39 is 12.1 Å². The van der Waals surface area contributed by atoms with E-state index in [9.17, 15) is 14.4 Å². The maximum Gasteiger partial charge on any atom is 0.335 e. The zero-order valence-electron chi connectivity index (χ0n) is 13.1. The van der Waals surface area contributed by atoms with Crippen molar-refractivity contribution in [3.05, 3.63) is 35.4 Å². The standard InChI is InChI=1S/C16H20N2O5/c1-18(2)15(20)13-7-6-12(23-13)9-17-14(19)10-4-3-5-11(8-10)16(21)22/h3-5,8,12-13H,6-7,9H2,1-2H3,(H,17,19)(H,21,22). The summed E-state index contributed by atoms with van der Waals surface area (Å²) in [7, 11) is 3.35. The average molecular weight is 320 g/mol. The fraction of sp³-hybridized carbons (Fsp3) is 0.438. The molecule has 2 atom stereocenters. The van der Waals surface area contributed by atoms with Crippen molar-refractivity contribution >= 4 is 17.8 Å². The summed E-state index contributed by atoms with van der Waals surface area (Å²) in [6.45, 7) is 0.285. The van der Waals surface area contributed by atoms with E-state index >= 15 is 0 Å². The molecule has 2 N–H and O–H groups in total. The van der Waals surface area contributed by atoms with Crippen molar-refractivity contribution in [2.45, 2.75) is 25.0 Å². The number of nitrogens with zero attached hydrogens (tertiary/aromatic N) is 1. The van der Waals surface area contributed by atoms with Gasteiger partial charge in [-0.05, 0) is 31.0 Å². The first-order valence-electron chi connectivity index (χ1n) is 7.36. The van der Waals surface area contributed by atoms with E-state index in [4.69, 9.17) is 9.84 Å². The van der Waals surface area contributed by atoms with Crippen LogP contribution < -0.4 is 5.32 Å². The lowest BCUT2D eigenvalue weighted by atomic mass is 10.1. The Morgan fingerprint density at radius 2 is 1.96 bits per heavy atom. The molecule has 1 aliphatic rings. The van der Waals surface area contributed by atoms with Gasteiger partial charge in [0.05, 0.1) is 11.7 Å². The summed E-state index contributed by atoms with van der Waals surface area (Å²) in [4.78, 5) is 36.3. The lowest BCUT2D eigenvalue weighted by Crippen LogP contribution is -2.36. The molecule has 1 aliphatic heterocycles. The Bertz CT molecular complexity index is 614. The topological polar surface area (TPSA) is 95.9 Å². The Morgan fingerprint density at radius 3 is 2.61 bits per heavy atom. The number of likely N-dealkylation sites (N-methyl/N-ethyl adjacent to an activating group) is 1. The van der Waals surface area contributed by atoms with Crippen LogP contribution in [0.1, 0.15) is 33.6 Å². The number of carbonyl (C=O) groups excluding carboxylic acids is 2. The highest BCUT2D eigenvalue weighted by Gasteiger charge is 2.31. The van der Waals surface area contributed by atoms with Crippen LogP contribution in [0.2, 0.25) is 0 Å². The first-order chi connectivity index (χ1) is 10.9. The van der Waals surface area contributed by atoms with Crippen LogP contribution in [0.25, 0.3) is 0 Å². The lowest BCUT2D eigenvalue weighted by Gasteiger charge is -2.17. The van der Waals surface area contributed by atoms with Gasteiger partial charge in [-0.25, -0.2) is 4.79 Å². The quantitative estimate of drug-likeness (QED) is 0.834. The Labute approximate surface area is 134 Å². The van der Waals surface area contributed by atoms with E-state index in [0.29, 0.717) is 12.8 Å². The second kappa shape index (κ2) is 7.23. The second-order valence-corrected chi connectivity index (χ2v) is 5.65. The molecule has 0 saturated carbocycles. The predicted octanol–water partition coefficient (Wildman–Crippen LogP) is 0.750. The second-order valence-electron chi connectivity index (χ2n) is 5.65. The molecular weight excluding hydrogens is 300 g/mol. The summed E-state index contributed by atoms with van der Waals surface area (Å²) in [5.41, 5.74) is 0.343. The van der Waals surface area contributed by atoms with Gasteiger partial charge in [0.25, 0.3) is 11.8 Å². The molecule has 23 heavy (non-hydrogen) atoms. The maximum absolute atomic E-state index is 12.1. The Hall–Kier alpha value is -2.41. The molecule has 1 fully saturated rings. The van der Waals surface area contributed by atoms with Crippen LogP contribution in [0, 0.1) is 0 Å². The van der Waals surface area contributed by atoms with Gasteiger partial charge in [-0.2, -0.15) is 0 Å². The highest BCUT2D eigenvalue weighted by atomic mass is 16.5. The number of carboxylic acids is 1. The number of hydrogen-bond acceptors (Lipinski definition) is 4. The minimum absolute atomic E-state index is 0.0615. The zero-order chi connectivity index (χ0) is 17.0. The molecular formula is C16H20N2O5. The van der Waals surface area contributed by atoms with E-state index in [1.807, 2.05) is 0 Å². The molecule has 2 amide bonds. The molecule has 0 bridgehead atoms. The fourth-order valence-corrected chi connectivity index (χ4v) is 2.43. The first kappa shape index (κ1) is 17.0. The molecule has 1 heterocycles. The van der Waals surface area contributed by atoms with Crippen LogP contribution in [0.3, 0.4) is 0 Å². The van der Waals surface area contributed by atoms with Gasteiger partial charge in [-0.15, -0.1) is 0 Å². The van der Waals surface area contributed by atoms with Gasteiger partial charge in [0, 0.05) is 26.2 Å². The van der Waals surface area contributed by atoms with Crippen LogP contribution >= 0.6 is 0 Å². The largest absolute Gasteiger partial charge is 0.478 e. The normalized spacial score (nSPS) is 20.1. The number of rotatable bonds is 5. The molecule has 2 rings (SSSR count). The monoisotopic (exact) mass is 320 g/mol. The van der Waals surface area contributed by atoms with E-state index in [1.165, 1.54) is 23.1 Å². The number of ether oxygens (including phenoxy) is 1. The lowest BCUT2D eigenvalue weighted by molar-refractivity contribution is -0.140. The number of carboxylic acid groups (broad SMARTS) is 1. The van der Waals surface area contributed by atoms with Crippen molar-refractivity contribution < 1.29 is 24.2 Å². The Balaban J connectivity index is 1.87. The molecule has 1 aromatic carbocycles. The Morgan fingerprint density at radius 1 is 1.26 bits per heavy atom. The van der Waals surface area contributed by atoms with Gasteiger partial charge in [0.1, 0.15) is 6.10 Å². The highest BCUT2D eigenvalue weighted by molar-refractivity contribution is 5.97. The molecule has 7 nitrogen and oxygen atoms in total. The first-order valence-corrected chi connectivity index (χ1v) is 7.36. The summed E-state index contributed by atoms with van der Waals surface area (Å²) in [6, 6.07) is 5.83. The minimum Gasteiger partial charge on any atom is -0.478 e. The number of aromatic carboxylic acids is 1. The van der Waals surface area contributed by atoms with Crippen LogP contribution in [-0.2, 0) is 9.53 Å². The van der Waals surface area contributed by atoms with Crippen LogP contribution in [0.4, 0.5) is 0 Å². The highest BCUT2D eigenvalue weighted by Crippen LogP contribution is 2.20. The maximum atomic E-state index is 12.1. The molecule has 1 aromatic rings. The van der Waals surface area contributed by atoms with E-state index in [1.54, 1.807) is 20.2 Å². The van der Waals surface area contributed by atoms with Gasteiger partial charge in [-0.1, -0.05) is 6.07 Å². The number of amides is 2. The molecule has 1 saturated heterocycles. The SMILES string of the molecule is CN(C)C(=O)C1CCC(CNC(=O)c2cccc(C(=O)O)c2)O1. The molecule has 0 aromatic heterocycles. The summed E-state index contributed by atoms with van der Waals surface area (Å²) in [5, 5.41) is 11.6. The summed E-state index contributed by atoms with van der Waals surface area (Å²) >= 11 is 0. The van der Waals surface area contributed by atoms with Crippen LogP contribution in [0.5, 0.6) is 0 Å². The predicted molar refractivity (Wildman–Crippen MR) is 82.3 cm³/mol. The van der Waals surface area contributed by atoms with E-state index in [2.05, 4.69) is 5.32 Å². The van der Waals surface area contributed by atoms with Gasteiger partial charge < -0.3 is 20.1 Å². The van der Waals surface area contributed by atoms with E-state index in [0.717, 1.165) is 0 Å². The summed E-state index contributed by atoms with van der Waals surface area (Å²) in [6.07, 6.45) is 0.656. The smallest absolute Gasteiger partial charge is 0.335 e. The number of benzene rings is 1. The average Bonchev–Trinajstić information content (AvgIpc) is 3.00. The molecule has 0 radical (unpaired) electrons. The third-order valence-corrected chi connectivity index (χ3v) is 3.69. The van der Waals surface area contributed by atoms with Crippen molar-refractivity contribution in [3.63, 3.8) is 0 Å². The number of hydrogen-bond donors (Lipinski definition) is 2. The minimum atomic E-state index is -1.08. The summed E-state index contributed by atoms with van der Waals surface area (Å²) < 4.78 is 5.63. The van der Waals surface area contributed by atoms with Gasteiger partial charge >= 0.3 is 5.97 Å². The molecule has 0 spiro atoms. The van der Waals surface area contributed by atoms with Crippen molar-refractivity contribution in [3.8, 4) is 0 Å². The molecule has 0 aliphatic carbocycles. The molecule has 124 valence electrons. The van der Waals surface area contributed by atoms with E-state index in [-0.39, 0.29) is 35.6 Å². The zero-order valence-corrected chi connectivity index (χ0v) is 13.1. The van der Waals surface area contributed by atoms with Crippen molar-refractivity contribution in [1.82, 2.24) is 10.2 Å². The van der Waals surface area contributed by atoms with Crippen LogP contribution in [-0.4, -0.2) is 60.6 Å². The van der Waals surface area contributed by atoms with Crippen molar-refractivity contribution in [1.29, 1.82) is 0 Å². The number of carbonyl (C=O) groups is 3. The number of nitrogens with one attached hydrogen (secondary N) is 1. The van der Waals surface area contributed by atoms with Gasteiger partial charge in [-0.3, -0.25) is 9.59 Å². The van der Waals surface area contributed by atoms with Crippen molar-refractivity contribution in [2.75, 3.05) is 20.6 Å². The van der Waals surface area contributed by atoms with Crippen LogP contribution in [0.15, 0.2) is 24.3 Å². The van der Waals surface area contributed by atoms with Gasteiger partial charge in [0.15, 0.2) is 0 Å². The molecule has 2 unspecified atom stereocenters. The van der Waals surface area contributed by atoms with Crippen molar-refractivity contribution in [2.24, 2.45) is 0 Å². The third-order valence-electron chi connectivity index (χ3n) is 3.69. The summed E-state index contributed by atoms with van der Waals surface area (Å²) in [5.74, 6) is -1.52. The fourth-order valence-electron chi connectivity index (χ4n) is 2.43. The third kappa shape index (κ3) is 4.29. The molecule has 7 heteroatoms.